The number of carbonyl (C=O) groups excluding carboxylic acids is 1. The third-order valence-electron chi connectivity index (χ3n) is 4.80. The van der Waals surface area contributed by atoms with Gasteiger partial charge in [-0.05, 0) is 48.1 Å². The van der Waals surface area contributed by atoms with Gasteiger partial charge in [0, 0.05) is 18.4 Å². The minimum atomic E-state index is -0.243. The molecular weight excluding hydrogens is 338 g/mol. The molecule has 0 unspecified atom stereocenters. The Morgan fingerprint density at radius 1 is 1.11 bits per heavy atom. The summed E-state index contributed by atoms with van der Waals surface area (Å²) in [6.07, 6.45) is 1.68. The molecule has 0 aliphatic carbocycles. The van der Waals surface area contributed by atoms with E-state index >= 15 is 0 Å². The molecule has 1 N–H and O–H groups in total. The van der Waals surface area contributed by atoms with E-state index < -0.39 is 0 Å². The topological polar surface area (TPSA) is 68.0 Å². The lowest BCUT2D eigenvalue weighted by molar-refractivity contribution is -0.118. The van der Waals surface area contributed by atoms with E-state index in [4.69, 9.17) is 0 Å². The van der Waals surface area contributed by atoms with E-state index in [1.54, 1.807) is 0 Å². The van der Waals surface area contributed by atoms with Crippen LogP contribution in [0, 0.1) is 6.92 Å². The Labute approximate surface area is 160 Å². The lowest BCUT2D eigenvalue weighted by Gasteiger charge is -2.23. The van der Waals surface area contributed by atoms with Crippen LogP contribution in [-0.4, -0.2) is 25.9 Å². The van der Waals surface area contributed by atoms with Crippen molar-refractivity contribution in [1.29, 1.82) is 0 Å². The summed E-state index contributed by atoms with van der Waals surface area (Å²) in [7, 11) is 0. The van der Waals surface area contributed by atoms with Crippen molar-refractivity contribution >= 4 is 16.8 Å². The molecule has 0 bridgehead atoms. The fourth-order valence-electron chi connectivity index (χ4n) is 3.14. The highest BCUT2D eigenvalue weighted by Gasteiger charge is 2.23. The fraction of sp³-hybridized carbons (Fsp3) is 0.409. The molecule has 0 aliphatic heterocycles. The number of rotatable bonds is 5. The molecule has 1 heterocycles. The van der Waals surface area contributed by atoms with Gasteiger partial charge in [0.15, 0.2) is 0 Å². The molecule has 0 amide bonds. The van der Waals surface area contributed by atoms with E-state index in [-0.39, 0.29) is 16.9 Å². The Bertz CT molecular complexity index is 997. The van der Waals surface area contributed by atoms with Crippen molar-refractivity contribution in [1.82, 2.24) is 15.0 Å². The summed E-state index contributed by atoms with van der Waals surface area (Å²) in [5.41, 5.74) is 4.83. The number of fused-ring (bicyclic) bond motifs is 1. The average Bonchev–Trinajstić information content (AvgIpc) is 3.02. The minimum absolute atomic E-state index is 0.185. The van der Waals surface area contributed by atoms with Crippen molar-refractivity contribution in [3.63, 3.8) is 0 Å². The van der Waals surface area contributed by atoms with Crippen molar-refractivity contribution in [3.05, 3.63) is 47.0 Å². The van der Waals surface area contributed by atoms with Crippen molar-refractivity contribution in [2.75, 3.05) is 0 Å². The molecule has 5 heteroatoms. The Balaban J connectivity index is 2.12. The molecule has 2 aromatic carbocycles. The van der Waals surface area contributed by atoms with E-state index in [0.717, 1.165) is 27.7 Å². The van der Waals surface area contributed by atoms with Gasteiger partial charge in [-0.1, -0.05) is 39.8 Å². The second-order valence-electron chi connectivity index (χ2n) is 8.13. The van der Waals surface area contributed by atoms with Gasteiger partial charge < -0.3 is 5.11 Å². The summed E-state index contributed by atoms with van der Waals surface area (Å²) in [6, 6.07) is 9.78. The number of Topliss-reactive ketones (excluding diaryl/α,β-unsaturated/α-hetero) is 1. The zero-order valence-corrected chi connectivity index (χ0v) is 16.7. The summed E-state index contributed by atoms with van der Waals surface area (Å²) in [5, 5.41) is 20.0. The number of aromatic hydroxyl groups is 1. The summed E-state index contributed by atoms with van der Waals surface area (Å²) < 4.78 is 0. The maximum Gasteiger partial charge on any atom is 0.146 e. The van der Waals surface area contributed by atoms with Crippen molar-refractivity contribution in [2.45, 2.75) is 59.3 Å². The molecule has 0 saturated heterocycles. The average molecular weight is 365 g/mol. The van der Waals surface area contributed by atoms with Gasteiger partial charge in [-0.2, -0.15) is 0 Å². The second kappa shape index (κ2) is 7.14. The first-order valence-corrected chi connectivity index (χ1v) is 9.41. The first-order chi connectivity index (χ1) is 12.7. The highest BCUT2D eigenvalue weighted by atomic mass is 16.3. The van der Waals surface area contributed by atoms with Gasteiger partial charge in [0.2, 0.25) is 0 Å². The van der Waals surface area contributed by atoms with E-state index in [9.17, 15) is 9.90 Å². The standard InChI is InChI=1S/C22H27N3O2/c1-6-16(26)9-8-15-12-17(22(3,4)5)21(27)20(13-15)25-23-18-10-7-14(2)11-19(18)24-25/h7,10-13,27H,6,8-9H2,1-5H3. The number of aromatic nitrogens is 3. The fourth-order valence-corrected chi connectivity index (χ4v) is 3.14. The maximum absolute atomic E-state index is 11.8. The number of phenolic OH excluding ortho intramolecular Hbond substituents is 1. The van der Waals surface area contributed by atoms with Crippen LogP contribution in [0.3, 0.4) is 0 Å². The molecule has 0 radical (unpaired) electrons. The largest absolute Gasteiger partial charge is 0.505 e. The molecule has 0 saturated carbocycles. The molecule has 3 rings (SSSR count). The molecule has 0 atom stereocenters. The zero-order chi connectivity index (χ0) is 19.8. The number of ketones is 1. The third kappa shape index (κ3) is 4.02. The molecule has 0 fully saturated rings. The second-order valence-corrected chi connectivity index (χ2v) is 8.13. The number of aryl methyl sites for hydroxylation is 2. The van der Waals surface area contributed by atoms with Crippen LogP contribution in [0.25, 0.3) is 16.7 Å². The molecule has 0 spiro atoms. The molecule has 142 valence electrons. The van der Waals surface area contributed by atoms with Crippen molar-refractivity contribution < 1.29 is 9.90 Å². The molecular formula is C22H27N3O2. The molecule has 5 nitrogen and oxygen atoms in total. The van der Waals surface area contributed by atoms with Crippen LogP contribution in [0.15, 0.2) is 30.3 Å². The quantitative estimate of drug-likeness (QED) is 0.715. The highest BCUT2D eigenvalue weighted by molar-refractivity contribution is 5.78. The smallest absolute Gasteiger partial charge is 0.146 e. The van der Waals surface area contributed by atoms with Crippen LogP contribution < -0.4 is 0 Å². The Hall–Kier alpha value is -2.69. The Morgan fingerprint density at radius 3 is 2.48 bits per heavy atom. The monoisotopic (exact) mass is 365 g/mol. The maximum atomic E-state index is 11.8. The highest BCUT2D eigenvalue weighted by Crippen LogP contribution is 2.36. The number of hydrogen-bond donors (Lipinski definition) is 1. The van der Waals surface area contributed by atoms with E-state index in [0.29, 0.717) is 24.9 Å². The third-order valence-corrected chi connectivity index (χ3v) is 4.80. The van der Waals surface area contributed by atoms with Gasteiger partial charge in [0.25, 0.3) is 0 Å². The lowest BCUT2D eigenvalue weighted by atomic mass is 9.84. The number of nitrogens with zero attached hydrogens (tertiary/aromatic N) is 3. The minimum Gasteiger partial charge on any atom is -0.505 e. The predicted molar refractivity (Wildman–Crippen MR) is 108 cm³/mol. The van der Waals surface area contributed by atoms with Gasteiger partial charge in [0.1, 0.15) is 28.3 Å². The number of benzene rings is 2. The van der Waals surface area contributed by atoms with Gasteiger partial charge in [-0.25, -0.2) is 0 Å². The summed E-state index contributed by atoms with van der Waals surface area (Å²) in [5.74, 6) is 0.422. The summed E-state index contributed by atoms with van der Waals surface area (Å²) >= 11 is 0. The number of phenols is 1. The molecule has 1 aromatic heterocycles. The number of hydrogen-bond acceptors (Lipinski definition) is 4. The van der Waals surface area contributed by atoms with Crippen molar-refractivity contribution in [2.24, 2.45) is 0 Å². The zero-order valence-electron chi connectivity index (χ0n) is 16.7. The van der Waals surface area contributed by atoms with Gasteiger partial charge in [0.05, 0.1) is 0 Å². The van der Waals surface area contributed by atoms with Gasteiger partial charge >= 0.3 is 0 Å². The molecule has 27 heavy (non-hydrogen) atoms. The van der Waals surface area contributed by atoms with E-state index in [1.165, 1.54) is 4.80 Å². The van der Waals surface area contributed by atoms with E-state index in [2.05, 4.69) is 31.0 Å². The van der Waals surface area contributed by atoms with E-state index in [1.807, 2.05) is 44.2 Å². The molecule has 0 aliphatic rings. The first-order valence-electron chi connectivity index (χ1n) is 9.41. The normalized spacial score (nSPS) is 11.9. The van der Waals surface area contributed by atoms with Crippen molar-refractivity contribution in [3.8, 4) is 11.4 Å². The summed E-state index contributed by atoms with van der Waals surface area (Å²) in [4.78, 5) is 13.3. The van der Waals surface area contributed by atoms with Crippen LogP contribution in [0.2, 0.25) is 0 Å². The lowest BCUT2D eigenvalue weighted by Crippen LogP contribution is -2.14. The van der Waals surface area contributed by atoms with Gasteiger partial charge in [-0.3, -0.25) is 4.79 Å². The van der Waals surface area contributed by atoms with Crippen LogP contribution in [0.4, 0.5) is 0 Å². The van der Waals surface area contributed by atoms with Crippen LogP contribution in [0.5, 0.6) is 5.75 Å². The Morgan fingerprint density at radius 2 is 1.81 bits per heavy atom. The molecule has 3 aromatic rings. The summed E-state index contributed by atoms with van der Waals surface area (Å²) in [6.45, 7) is 10.1. The number of carbonyl (C=O) groups is 1. The van der Waals surface area contributed by atoms with Gasteiger partial charge in [-0.15, -0.1) is 15.0 Å². The predicted octanol–water partition coefficient (Wildman–Crippen LogP) is 4.64. The SMILES string of the molecule is CCC(=O)CCc1cc(-n2nc3ccc(C)cc3n2)c(O)c(C(C)(C)C)c1. The van der Waals surface area contributed by atoms with Crippen LogP contribution in [-0.2, 0) is 16.6 Å². The van der Waals surface area contributed by atoms with Crippen LogP contribution in [0.1, 0.15) is 57.2 Å². The van der Waals surface area contributed by atoms with Crippen LogP contribution >= 0.6 is 0 Å². The first kappa shape index (κ1) is 19.1. The Kier molecular flexibility index (Phi) is 5.05.